The maximum atomic E-state index is 12.8. The van der Waals surface area contributed by atoms with E-state index in [4.69, 9.17) is 4.74 Å². The number of carbonyl (C=O) groups excluding carboxylic acids is 1. The average Bonchev–Trinajstić information content (AvgIpc) is 3.24. The molecule has 0 radical (unpaired) electrons. The molecule has 7 nitrogen and oxygen atoms in total. The second-order valence-electron chi connectivity index (χ2n) is 7.21. The van der Waals surface area contributed by atoms with Gasteiger partial charge < -0.3 is 14.4 Å². The summed E-state index contributed by atoms with van der Waals surface area (Å²) in [5, 5.41) is 0. The van der Waals surface area contributed by atoms with Gasteiger partial charge in [-0.1, -0.05) is 0 Å². The van der Waals surface area contributed by atoms with E-state index in [1.54, 1.807) is 4.90 Å². The number of halogens is 2. The van der Waals surface area contributed by atoms with Crippen LogP contribution in [0, 0.1) is 5.92 Å². The van der Waals surface area contributed by atoms with Crippen LogP contribution in [0.4, 0.5) is 13.6 Å². The van der Waals surface area contributed by atoms with E-state index in [1.165, 1.54) is 28.6 Å². The minimum atomic E-state index is -3.76. The lowest BCUT2D eigenvalue weighted by Gasteiger charge is -2.22. The van der Waals surface area contributed by atoms with Crippen molar-refractivity contribution in [2.24, 2.45) is 5.92 Å². The molecular formula is C18H20F2N2O5S. The van der Waals surface area contributed by atoms with E-state index >= 15 is 0 Å². The highest BCUT2D eigenvalue weighted by molar-refractivity contribution is 7.89. The van der Waals surface area contributed by atoms with Crippen LogP contribution in [0.3, 0.4) is 0 Å². The van der Waals surface area contributed by atoms with Crippen LogP contribution >= 0.6 is 0 Å². The van der Waals surface area contributed by atoms with Crippen LogP contribution in [0.5, 0.6) is 5.75 Å². The van der Waals surface area contributed by atoms with Crippen LogP contribution in [0.2, 0.25) is 0 Å². The summed E-state index contributed by atoms with van der Waals surface area (Å²) in [7, 11) is -3.76. The Hall–Kier alpha value is -2.20. The highest BCUT2D eigenvalue weighted by Gasteiger charge is 2.38. The molecule has 0 saturated heterocycles. The van der Waals surface area contributed by atoms with E-state index in [0.717, 1.165) is 24.0 Å². The van der Waals surface area contributed by atoms with Gasteiger partial charge in [0.15, 0.2) is 0 Å². The summed E-state index contributed by atoms with van der Waals surface area (Å²) in [6.07, 6.45) is 1.85. The van der Waals surface area contributed by atoms with Crippen molar-refractivity contribution in [1.82, 2.24) is 9.21 Å². The highest BCUT2D eigenvalue weighted by Crippen LogP contribution is 2.32. The summed E-state index contributed by atoms with van der Waals surface area (Å²) >= 11 is 0. The smallest absolute Gasteiger partial charge is 0.410 e. The van der Waals surface area contributed by atoms with Crippen molar-refractivity contribution in [3.05, 3.63) is 35.4 Å². The van der Waals surface area contributed by atoms with Crippen LogP contribution < -0.4 is 4.74 Å². The van der Waals surface area contributed by atoms with E-state index in [9.17, 15) is 22.0 Å². The molecule has 10 heteroatoms. The predicted octanol–water partition coefficient (Wildman–Crippen LogP) is 2.45. The fourth-order valence-electron chi connectivity index (χ4n) is 3.35. The van der Waals surface area contributed by atoms with Gasteiger partial charge in [-0.25, -0.2) is 13.2 Å². The zero-order valence-corrected chi connectivity index (χ0v) is 15.8. The molecule has 0 aromatic heterocycles. The van der Waals surface area contributed by atoms with Gasteiger partial charge in [-0.3, -0.25) is 0 Å². The van der Waals surface area contributed by atoms with Crippen molar-refractivity contribution in [2.75, 3.05) is 32.8 Å². The molecule has 1 aliphatic carbocycles. The molecule has 1 aromatic carbocycles. The molecular weight excluding hydrogens is 394 g/mol. The van der Waals surface area contributed by atoms with Crippen molar-refractivity contribution in [3.63, 3.8) is 0 Å². The largest absolute Gasteiger partial charge is 0.449 e. The van der Waals surface area contributed by atoms with E-state index in [1.807, 2.05) is 0 Å². The Morgan fingerprint density at radius 2 is 1.68 bits per heavy atom. The van der Waals surface area contributed by atoms with Crippen LogP contribution in [-0.2, 0) is 14.8 Å². The molecule has 1 amide bonds. The minimum Gasteiger partial charge on any atom is -0.449 e. The van der Waals surface area contributed by atoms with Gasteiger partial charge in [0.1, 0.15) is 5.75 Å². The molecule has 0 spiro atoms. The summed E-state index contributed by atoms with van der Waals surface area (Å²) in [6.45, 7) is -1.37. The predicted molar refractivity (Wildman–Crippen MR) is 94.5 cm³/mol. The number of rotatable bonds is 6. The first-order chi connectivity index (χ1) is 13.3. The standard InChI is InChI=1S/C18H20F2N2O5S/c19-17(20)27-15-3-5-16(6-4-15)28(24,25)22-9-13-7-21(8-14(13)10-22)18(23)26-11-12-1-2-12/h3-6,12,17H,1-2,7-11H2. The molecule has 3 aliphatic rings. The van der Waals surface area contributed by atoms with Gasteiger partial charge in [-0.15, -0.1) is 0 Å². The average molecular weight is 414 g/mol. The Balaban J connectivity index is 1.35. The summed E-state index contributed by atoms with van der Waals surface area (Å²) in [5.41, 5.74) is 1.81. The van der Waals surface area contributed by atoms with Gasteiger partial charge in [-0.05, 0) is 54.2 Å². The van der Waals surface area contributed by atoms with Gasteiger partial charge in [0.2, 0.25) is 10.0 Å². The monoisotopic (exact) mass is 414 g/mol. The number of amides is 1. The van der Waals surface area contributed by atoms with Crippen molar-refractivity contribution in [2.45, 2.75) is 24.3 Å². The minimum absolute atomic E-state index is 0.0102. The van der Waals surface area contributed by atoms with Crippen LogP contribution in [0.15, 0.2) is 40.3 Å². The molecule has 4 rings (SSSR count). The second-order valence-corrected chi connectivity index (χ2v) is 9.14. The number of sulfonamides is 1. The van der Waals surface area contributed by atoms with Gasteiger partial charge >= 0.3 is 12.7 Å². The zero-order chi connectivity index (χ0) is 19.9. The van der Waals surface area contributed by atoms with Crippen molar-refractivity contribution < 1.29 is 31.5 Å². The maximum Gasteiger partial charge on any atom is 0.410 e. The second kappa shape index (κ2) is 7.32. The summed E-state index contributed by atoms with van der Waals surface area (Å²) in [4.78, 5) is 13.7. The first-order valence-corrected chi connectivity index (χ1v) is 10.4. The van der Waals surface area contributed by atoms with E-state index < -0.39 is 16.6 Å². The number of hydrogen-bond donors (Lipinski definition) is 0. The van der Waals surface area contributed by atoms with Gasteiger partial charge in [0.25, 0.3) is 0 Å². The van der Waals surface area contributed by atoms with Gasteiger partial charge in [0.05, 0.1) is 11.5 Å². The third-order valence-corrected chi connectivity index (χ3v) is 6.89. The molecule has 1 aromatic rings. The molecule has 0 bridgehead atoms. The van der Waals surface area contributed by atoms with E-state index in [2.05, 4.69) is 4.74 Å². The molecule has 1 saturated carbocycles. The summed E-state index contributed by atoms with van der Waals surface area (Å²) in [5.74, 6) is 0.390. The Bertz CT molecular complexity index is 879. The van der Waals surface area contributed by atoms with Crippen LogP contribution in [0.25, 0.3) is 0 Å². The molecule has 0 N–H and O–H groups in total. The summed E-state index contributed by atoms with van der Waals surface area (Å²) in [6, 6.07) is 4.90. The summed E-state index contributed by atoms with van der Waals surface area (Å²) < 4.78 is 60.9. The Morgan fingerprint density at radius 3 is 2.21 bits per heavy atom. The number of nitrogens with zero attached hydrogens (tertiary/aromatic N) is 2. The van der Waals surface area contributed by atoms with E-state index in [-0.39, 0.29) is 29.8 Å². The first-order valence-electron chi connectivity index (χ1n) is 8.99. The molecule has 2 heterocycles. The quantitative estimate of drug-likeness (QED) is 0.669. The number of benzene rings is 1. The lowest BCUT2D eigenvalue weighted by atomic mass is 10.2. The Kier molecular flexibility index (Phi) is 5.00. The third kappa shape index (κ3) is 3.97. The van der Waals surface area contributed by atoms with Gasteiger partial charge in [0, 0.05) is 26.2 Å². The molecule has 152 valence electrons. The maximum absolute atomic E-state index is 12.8. The number of ether oxygens (including phenoxy) is 2. The highest BCUT2D eigenvalue weighted by atomic mass is 32.2. The first kappa shape index (κ1) is 19.1. The van der Waals surface area contributed by atoms with E-state index in [0.29, 0.717) is 25.6 Å². The van der Waals surface area contributed by atoms with Crippen LogP contribution in [-0.4, -0.2) is 63.1 Å². The topological polar surface area (TPSA) is 76.2 Å². The molecule has 0 unspecified atom stereocenters. The number of carbonyl (C=O) groups is 1. The molecule has 28 heavy (non-hydrogen) atoms. The van der Waals surface area contributed by atoms with Gasteiger partial charge in [-0.2, -0.15) is 13.1 Å². The third-order valence-electron chi connectivity index (χ3n) is 5.08. The fraction of sp³-hybridized carbons (Fsp3) is 0.500. The normalized spacial score (nSPS) is 20.0. The van der Waals surface area contributed by atoms with Crippen LogP contribution in [0.1, 0.15) is 12.8 Å². The van der Waals surface area contributed by atoms with Crippen molar-refractivity contribution in [3.8, 4) is 5.75 Å². The Morgan fingerprint density at radius 1 is 1.07 bits per heavy atom. The number of alkyl halides is 2. The fourth-order valence-corrected chi connectivity index (χ4v) is 4.78. The Labute approximate surface area is 161 Å². The lowest BCUT2D eigenvalue weighted by Crippen LogP contribution is -2.36. The SMILES string of the molecule is O=C(OCC1CC1)N1CC2=C(C1)CN(S(=O)(=O)c1ccc(OC(F)F)cc1)C2. The molecule has 0 atom stereocenters. The van der Waals surface area contributed by atoms with Crippen molar-refractivity contribution in [1.29, 1.82) is 0 Å². The number of hydrogen-bond acceptors (Lipinski definition) is 5. The zero-order valence-electron chi connectivity index (χ0n) is 15.0. The molecule has 2 aliphatic heterocycles. The lowest BCUT2D eigenvalue weighted by molar-refractivity contribution is -0.0498. The van der Waals surface area contributed by atoms with Crippen molar-refractivity contribution >= 4 is 16.1 Å². The molecule has 1 fully saturated rings.